The molecule has 2 aromatic rings. The van der Waals surface area contributed by atoms with Gasteiger partial charge in [0.15, 0.2) is 10.8 Å². The third-order valence-electron chi connectivity index (χ3n) is 5.45. The Hall–Kier alpha value is -2.35. The monoisotopic (exact) mass is 431 g/mol. The van der Waals surface area contributed by atoms with Crippen LogP contribution < -0.4 is 15.4 Å². The standard InChI is InChI=1S/C21H22ClN3O3S/c1-21-17(19(26)23-14-9-7-13(22)8-10-14)18(15-5-3-4-6-16(15)28-21)24-20(29)25(21)11-12-27-2/h3-10,17-18H,11-12H2,1-2H3,(H,23,26)(H,24,29)/t17-,18-,21+/m0/s1. The van der Waals surface area contributed by atoms with Gasteiger partial charge in [-0.1, -0.05) is 29.8 Å². The average Bonchev–Trinajstić information content (AvgIpc) is 2.69. The number of nitrogens with zero attached hydrogens (tertiary/aromatic N) is 1. The van der Waals surface area contributed by atoms with Crippen LogP contribution in [0.15, 0.2) is 48.5 Å². The normalized spacial score (nSPS) is 24.9. The predicted octanol–water partition coefficient (Wildman–Crippen LogP) is 3.58. The summed E-state index contributed by atoms with van der Waals surface area (Å²) in [6.45, 7) is 2.86. The zero-order valence-electron chi connectivity index (χ0n) is 16.1. The summed E-state index contributed by atoms with van der Waals surface area (Å²) >= 11 is 11.6. The van der Waals surface area contributed by atoms with E-state index in [-0.39, 0.29) is 11.9 Å². The Kier molecular flexibility index (Phi) is 5.38. The molecule has 0 spiro atoms. The van der Waals surface area contributed by atoms with E-state index in [0.717, 1.165) is 11.3 Å². The molecule has 2 aliphatic heterocycles. The first-order valence-corrected chi connectivity index (χ1v) is 10.1. The van der Waals surface area contributed by atoms with Gasteiger partial charge in [-0.2, -0.15) is 0 Å². The summed E-state index contributed by atoms with van der Waals surface area (Å²) in [6.07, 6.45) is 0. The Morgan fingerprint density at radius 2 is 2.03 bits per heavy atom. The van der Waals surface area contributed by atoms with Crippen LogP contribution in [-0.2, 0) is 9.53 Å². The van der Waals surface area contributed by atoms with Crippen molar-refractivity contribution in [2.24, 2.45) is 5.92 Å². The van der Waals surface area contributed by atoms with Crippen LogP contribution in [-0.4, -0.2) is 41.9 Å². The predicted molar refractivity (Wildman–Crippen MR) is 116 cm³/mol. The SMILES string of the molecule is COCCN1C(=S)N[C@H]2c3ccccc3O[C@]1(C)[C@@H]2C(=O)Nc1ccc(Cl)cc1. The number of anilines is 1. The number of carbonyl (C=O) groups is 1. The van der Waals surface area contributed by atoms with Crippen LogP contribution in [0.25, 0.3) is 0 Å². The molecule has 0 aliphatic carbocycles. The van der Waals surface area contributed by atoms with E-state index in [1.54, 1.807) is 31.4 Å². The summed E-state index contributed by atoms with van der Waals surface area (Å²) in [4.78, 5) is 15.3. The third-order valence-corrected chi connectivity index (χ3v) is 6.04. The number of carbonyl (C=O) groups excluding carboxylic acids is 1. The lowest BCUT2D eigenvalue weighted by molar-refractivity contribution is -0.150. The van der Waals surface area contributed by atoms with Crippen LogP contribution in [0.4, 0.5) is 5.69 Å². The molecule has 2 aliphatic rings. The molecule has 8 heteroatoms. The molecule has 6 nitrogen and oxygen atoms in total. The highest BCUT2D eigenvalue weighted by atomic mass is 35.5. The fourth-order valence-electron chi connectivity index (χ4n) is 4.06. The van der Waals surface area contributed by atoms with Crippen molar-refractivity contribution in [2.75, 3.05) is 25.6 Å². The molecular weight excluding hydrogens is 410 g/mol. The second-order valence-corrected chi connectivity index (χ2v) is 8.06. The molecule has 2 bridgehead atoms. The molecule has 2 aromatic carbocycles. The maximum atomic E-state index is 13.4. The average molecular weight is 432 g/mol. The molecule has 1 saturated heterocycles. The van der Waals surface area contributed by atoms with Gasteiger partial charge in [0.25, 0.3) is 0 Å². The molecule has 152 valence electrons. The van der Waals surface area contributed by atoms with Crippen molar-refractivity contribution in [1.29, 1.82) is 0 Å². The Labute approximate surface area is 180 Å². The van der Waals surface area contributed by atoms with Gasteiger partial charge in [-0.25, -0.2) is 0 Å². The Morgan fingerprint density at radius 1 is 1.31 bits per heavy atom. The van der Waals surface area contributed by atoms with Crippen LogP contribution >= 0.6 is 23.8 Å². The zero-order valence-corrected chi connectivity index (χ0v) is 17.7. The summed E-state index contributed by atoms with van der Waals surface area (Å²) < 4.78 is 11.7. The maximum absolute atomic E-state index is 13.4. The number of fused-ring (bicyclic) bond motifs is 4. The van der Waals surface area contributed by atoms with E-state index in [1.807, 2.05) is 36.1 Å². The highest BCUT2D eigenvalue weighted by Crippen LogP contribution is 2.48. The lowest BCUT2D eigenvalue weighted by atomic mass is 9.79. The molecule has 0 saturated carbocycles. The molecular formula is C21H22ClN3O3S. The summed E-state index contributed by atoms with van der Waals surface area (Å²) in [5, 5.41) is 7.50. The van der Waals surface area contributed by atoms with Gasteiger partial charge in [0.2, 0.25) is 5.91 Å². The lowest BCUT2D eigenvalue weighted by Crippen LogP contribution is -2.72. The highest BCUT2D eigenvalue weighted by molar-refractivity contribution is 7.80. The van der Waals surface area contributed by atoms with Crippen LogP contribution in [0.2, 0.25) is 5.02 Å². The fourth-order valence-corrected chi connectivity index (χ4v) is 4.58. The van der Waals surface area contributed by atoms with Gasteiger partial charge in [0, 0.05) is 29.9 Å². The van der Waals surface area contributed by atoms with Gasteiger partial charge in [0.05, 0.1) is 12.6 Å². The van der Waals surface area contributed by atoms with Crippen LogP contribution in [0, 0.1) is 5.92 Å². The van der Waals surface area contributed by atoms with Crippen LogP contribution in [0.5, 0.6) is 5.75 Å². The van der Waals surface area contributed by atoms with Crippen molar-refractivity contribution >= 4 is 40.5 Å². The third kappa shape index (κ3) is 3.54. The first kappa shape index (κ1) is 19.9. The largest absolute Gasteiger partial charge is 0.467 e. The molecule has 4 rings (SSSR count). The molecule has 1 fully saturated rings. The van der Waals surface area contributed by atoms with Crippen molar-refractivity contribution in [2.45, 2.75) is 18.7 Å². The summed E-state index contributed by atoms with van der Waals surface area (Å²) in [6, 6.07) is 14.5. The number of rotatable bonds is 5. The molecule has 0 unspecified atom stereocenters. The minimum absolute atomic E-state index is 0.160. The van der Waals surface area contributed by atoms with Crippen molar-refractivity contribution in [3.63, 3.8) is 0 Å². The van der Waals surface area contributed by atoms with Crippen molar-refractivity contribution in [1.82, 2.24) is 10.2 Å². The van der Waals surface area contributed by atoms with Gasteiger partial charge in [-0.15, -0.1) is 0 Å². The molecule has 2 heterocycles. The van der Waals surface area contributed by atoms with Crippen molar-refractivity contribution in [3.8, 4) is 5.75 Å². The van der Waals surface area contributed by atoms with Gasteiger partial charge in [-0.05, 0) is 49.5 Å². The van der Waals surface area contributed by atoms with Crippen LogP contribution in [0.3, 0.4) is 0 Å². The number of thiocarbonyl (C=S) groups is 1. The number of benzene rings is 2. The summed E-state index contributed by atoms with van der Waals surface area (Å²) in [7, 11) is 1.63. The van der Waals surface area contributed by atoms with E-state index in [4.69, 9.17) is 33.3 Å². The summed E-state index contributed by atoms with van der Waals surface area (Å²) in [5.41, 5.74) is 0.622. The molecule has 2 N–H and O–H groups in total. The van der Waals surface area contributed by atoms with E-state index in [1.165, 1.54) is 0 Å². The molecule has 0 radical (unpaired) electrons. The second-order valence-electron chi connectivity index (χ2n) is 7.24. The highest BCUT2D eigenvalue weighted by Gasteiger charge is 2.58. The van der Waals surface area contributed by atoms with Gasteiger partial charge >= 0.3 is 0 Å². The summed E-state index contributed by atoms with van der Waals surface area (Å²) in [5.74, 6) is 0.0383. The molecule has 1 amide bonds. The first-order valence-electron chi connectivity index (χ1n) is 9.35. The van der Waals surface area contributed by atoms with Crippen molar-refractivity contribution in [3.05, 3.63) is 59.1 Å². The number of hydrogen-bond donors (Lipinski definition) is 2. The Morgan fingerprint density at radius 3 is 2.76 bits per heavy atom. The maximum Gasteiger partial charge on any atom is 0.236 e. The number of nitrogens with one attached hydrogen (secondary N) is 2. The van der Waals surface area contributed by atoms with E-state index in [9.17, 15) is 4.79 Å². The smallest absolute Gasteiger partial charge is 0.236 e. The van der Waals surface area contributed by atoms with Crippen LogP contribution in [0.1, 0.15) is 18.5 Å². The number of halogens is 1. The Balaban J connectivity index is 1.73. The first-order chi connectivity index (χ1) is 13.9. The molecule has 29 heavy (non-hydrogen) atoms. The molecule has 3 atom stereocenters. The minimum Gasteiger partial charge on any atom is -0.467 e. The molecule has 0 aromatic heterocycles. The minimum atomic E-state index is -0.962. The second kappa shape index (κ2) is 7.82. The van der Waals surface area contributed by atoms with Crippen molar-refractivity contribution < 1.29 is 14.3 Å². The fraction of sp³-hybridized carbons (Fsp3) is 0.333. The van der Waals surface area contributed by atoms with E-state index >= 15 is 0 Å². The van der Waals surface area contributed by atoms with E-state index < -0.39 is 11.6 Å². The van der Waals surface area contributed by atoms with E-state index in [0.29, 0.717) is 29.0 Å². The number of methoxy groups -OCH3 is 1. The number of ether oxygens (including phenoxy) is 2. The number of hydrogen-bond acceptors (Lipinski definition) is 4. The van der Waals surface area contributed by atoms with E-state index in [2.05, 4.69) is 10.6 Å². The van der Waals surface area contributed by atoms with Gasteiger partial charge in [0.1, 0.15) is 11.7 Å². The Bertz CT molecular complexity index is 939. The number of para-hydroxylation sites is 1. The number of amides is 1. The zero-order chi connectivity index (χ0) is 20.6. The lowest BCUT2D eigenvalue weighted by Gasteiger charge is -2.56. The van der Waals surface area contributed by atoms with Gasteiger partial charge < -0.3 is 25.0 Å². The topological polar surface area (TPSA) is 62.8 Å². The quantitative estimate of drug-likeness (QED) is 0.705. The van der Waals surface area contributed by atoms with Gasteiger partial charge in [-0.3, -0.25) is 4.79 Å².